The number of piperidine rings is 1. The van der Waals surface area contributed by atoms with Crippen molar-refractivity contribution in [3.63, 3.8) is 0 Å². The largest absolute Gasteiger partial charge is 0.316 e. The number of fused-ring (bicyclic) bond motifs is 1. The molecule has 23 heavy (non-hydrogen) atoms. The normalized spacial score (nSPS) is 18.4. The van der Waals surface area contributed by atoms with Gasteiger partial charge in [0.2, 0.25) is 0 Å². The summed E-state index contributed by atoms with van der Waals surface area (Å²) in [5.41, 5.74) is 2.53. The molecule has 4 nitrogen and oxygen atoms in total. The molecule has 0 aliphatic carbocycles. The third kappa shape index (κ3) is 2.84. The minimum Gasteiger partial charge on any atom is -0.316 e. The van der Waals surface area contributed by atoms with E-state index in [9.17, 15) is 4.39 Å². The summed E-state index contributed by atoms with van der Waals surface area (Å²) >= 11 is 0. The molecule has 1 aromatic carbocycles. The molecule has 1 unspecified atom stereocenters. The monoisotopic (exact) mass is 310 g/mol. The fourth-order valence-electron chi connectivity index (χ4n) is 3.32. The van der Waals surface area contributed by atoms with Gasteiger partial charge < -0.3 is 9.88 Å². The van der Waals surface area contributed by atoms with E-state index in [1.165, 1.54) is 25.0 Å². The number of rotatable bonds is 3. The molecule has 1 aliphatic rings. The molecule has 118 valence electrons. The summed E-state index contributed by atoms with van der Waals surface area (Å²) in [7, 11) is 0. The molecule has 1 atom stereocenters. The summed E-state index contributed by atoms with van der Waals surface area (Å²) < 4.78 is 15.8. The summed E-state index contributed by atoms with van der Waals surface area (Å²) in [6.07, 6.45) is 4.18. The molecule has 3 heterocycles. The molecule has 1 fully saturated rings. The van der Waals surface area contributed by atoms with Crippen molar-refractivity contribution in [2.75, 3.05) is 13.1 Å². The van der Waals surface area contributed by atoms with Crippen LogP contribution in [-0.2, 0) is 6.54 Å². The average molecular weight is 310 g/mol. The highest BCUT2D eigenvalue weighted by Gasteiger charge is 2.19. The quantitative estimate of drug-likeness (QED) is 0.807. The lowest BCUT2D eigenvalue weighted by atomic mass is 9.99. The molecule has 3 aromatic rings. The van der Waals surface area contributed by atoms with Crippen LogP contribution in [0.4, 0.5) is 4.39 Å². The summed E-state index contributed by atoms with van der Waals surface area (Å²) in [4.78, 5) is 9.20. The maximum absolute atomic E-state index is 13.6. The summed E-state index contributed by atoms with van der Waals surface area (Å²) in [6.45, 7) is 2.96. The van der Waals surface area contributed by atoms with Crippen molar-refractivity contribution >= 4 is 11.2 Å². The van der Waals surface area contributed by atoms with Gasteiger partial charge in [-0.15, -0.1) is 0 Å². The first-order valence-electron chi connectivity index (χ1n) is 8.09. The molecule has 0 bridgehead atoms. The Morgan fingerprint density at radius 3 is 3.04 bits per heavy atom. The lowest BCUT2D eigenvalue weighted by Crippen LogP contribution is -2.32. The van der Waals surface area contributed by atoms with E-state index in [1.54, 1.807) is 12.3 Å². The second kappa shape index (κ2) is 6.08. The number of nitrogens with zero attached hydrogens (tertiary/aromatic N) is 3. The van der Waals surface area contributed by atoms with E-state index in [0.717, 1.165) is 42.2 Å². The van der Waals surface area contributed by atoms with Crippen LogP contribution in [0.1, 0.15) is 12.8 Å². The zero-order valence-corrected chi connectivity index (χ0v) is 12.9. The van der Waals surface area contributed by atoms with Crippen molar-refractivity contribution in [1.82, 2.24) is 19.9 Å². The number of hydrogen-bond acceptors (Lipinski definition) is 3. The van der Waals surface area contributed by atoms with E-state index < -0.39 is 0 Å². The summed E-state index contributed by atoms with van der Waals surface area (Å²) in [6, 6.07) is 10.5. The Morgan fingerprint density at radius 1 is 1.26 bits per heavy atom. The number of nitrogens with one attached hydrogen (secondary N) is 1. The van der Waals surface area contributed by atoms with E-state index in [-0.39, 0.29) is 5.82 Å². The lowest BCUT2D eigenvalue weighted by Gasteiger charge is -2.24. The van der Waals surface area contributed by atoms with E-state index >= 15 is 0 Å². The second-order valence-electron chi connectivity index (χ2n) is 6.11. The van der Waals surface area contributed by atoms with Crippen LogP contribution in [0.3, 0.4) is 0 Å². The third-order valence-electron chi connectivity index (χ3n) is 4.43. The zero-order valence-electron chi connectivity index (χ0n) is 12.9. The predicted octanol–water partition coefficient (Wildman–Crippen LogP) is 3.24. The van der Waals surface area contributed by atoms with E-state index in [4.69, 9.17) is 4.98 Å². The van der Waals surface area contributed by atoms with Gasteiger partial charge in [0.25, 0.3) is 0 Å². The minimum atomic E-state index is -0.242. The molecule has 0 saturated carbocycles. The molecule has 2 aromatic heterocycles. The van der Waals surface area contributed by atoms with Gasteiger partial charge in [-0.05, 0) is 56.1 Å². The predicted molar refractivity (Wildman–Crippen MR) is 88.5 cm³/mol. The molecule has 5 heteroatoms. The zero-order chi connectivity index (χ0) is 15.6. The lowest BCUT2D eigenvalue weighted by molar-refractivity contribution is 0.341. The number of hydrogen-bond donors (Lipinski definition) is 1. The SMILES string of the molecule is Fc1cccc(-c2nc3cccnc3n2CC2CCCNC2)c1. The van der Waals surface area contributed by atoms with Crippen molar-refractivity contribution in [2.24, 2.45) is 5.92 Å². The van der Waals surface area contributed by atoms with Gasteiger partial charge in [-0.2, -0.15) is 0 Å². The Balaban J connectivity index is 1.80. The molecule has 1 N–H and O–H groups in total. The van der Waals surface area contributed by atoms with Gasteiger partial charge in [-0.3, -0.25) is 0 Å². The maximum atomic E-state index is 13.6. The Hall–Kier alpha value is -2.27. The van der Waals surface area contributed by atoms with Gasteiger partial charge in [0.05, 0.1) is 0 Å². The van der Waals surface area contributed by atoms with E-state index in [1.807, 2.05) is 18.2 Å². The highest BCUT2D eigenvalue weighted by molar-refractivity contribution is 5.77. The van der Waals surface area contributed by atoms with Crippen LogP contribution in [0.25, 0.3) is 22.6 Å². The van der Waals surface area contributed by atoms with Crippen LogP contribution in [0, 0.1) is 11.7 Å². The van der Waals surface area contributed by atoms with Gasteiger partial charge in [-0.25, -0.2) is 14.4 Å². The Bertz CT molecular complexity index is 821. The first kappa shape index (κ1) is 14.3. The second-order valence-corrected chi connectivity index (χ2v) is 6.11. The number of aromatic nitrogens is 3. The van der Waals surface area contributed by atoms with Crippen LogP contribution < -0.4 is 5.32 Å². The number of benzene rings is 1. The van der Waals surface area contributed by atoms with Gasteiger partial charge in [0, 0.05) is 18.3 Å². The van der Waals surface area contributed by atoms with Crippen molar-refractivity contribution in [1.29, 1.82) is 0 Å². The first-order valence-corrected chi connectivity index (χ1v) is 8.09. The van der Waals surface area contributed by atoms with Crippen LogP contribution in [0.15, 0.2) is 42.6 Å². The Labute approximate surface area is 134 Å². The molecule has 1 saturated heterocycles. The van der Waals surface area contributed by atoms with Crippen LogP contribution in [0.2, 0.25) is 0 Å². The number of pyridine rings is 1. The fourth-order valence-corrected chi connectivity index (χ4v) is 3.32. The molecule has 0 amide bonds. The third-order valence-corrected chi connectivity index (χ3v) is 4.43. The molecule has 4 rings (SSSR count). The molecule has 1 aliphatic heterocycles. The molecule has 0 spiro atoms. The minimum absolute atomic E-state index is 0.242. The maximum Gasteiger partial charge on any atom is 0.160 e. The summed E-state index contributed by atoms with van der Waals surface area (Å²) in [5, 5.41) is 3.45. The van der Waals surface area contributed by atoms with Crippen molar-refractivity contribution in [2.45, 2.75) is 19.4 Å². The Kier molecular flexibility index (Phi) is 3.79. The Morgan fingerprint density at radius 2 is 2.22 bits per heavy atom. The standard InChI is InChI=1S/C18H19FN4/c19-15-6-1-5-14(10-15)17-22-16-7-3-9-21-18(16)23(17)12-13-4-2-8-20-11-13/h1,3,5-7,9-10,13,20H,2,4,8,11-12H2. The van der Waals surface area contributed by atoms with Crippen molar-refractivity contribution < 1.29 is 4.39 Å². The van der Waals surface area contributed by atoms with Crippen LogP contribution in [0.5, 0.6) is 0 Å². The fraction of sp³-hybridized carbons (Fsp3) is 0.333. The first-order chi connectivity index (χ1) is 11.3. The van der Waals surface area contributed by atoms with Gasteiger partial charge in [0.15, 0.2) is 5.65 Å². The average Bonchev–Trinajstić information content (AvgIpc) is 2.95. The number of imidazole rings is 1. The van der Waals surface area contributed by atoms with Crippen LogP contribution >= 0.6 is 0 Å². The van der Waals surface area contributed by atoms with Crippen molar-refractivity contribution in [3.05, 3.63) is 48.4 Å². The topological polar surface area (TPSA) is 42.7 Å². The van der Waals surface area contributed by atoms with Gasteiger partial charge in [-0.1, -0.05) is 12.1 Å². The molecular formula is C18H19FN4. The van der Waals surface area contributed by atoms with Gasteiger partial charge >= 0.3 is 0 Å². The summed E-state index contributed by atoms with van der Waals surface area (Å²) in [5.74, 6) is 1.10. The smallest absolute Gasteiger partial charge is 0.160 e. The van der Waals surface area contributed by atoms with E-state index in [2.05, 4.69) is 14.9 Å². The van der Waals surface area contributed by atoms with Crippen molar-refractivity contribution in [3.8, 4) is 11.4 Å². The van der Waals surface area contributed by atoms with E-state index in [0.29, 0.717) is 5.92 Å². The number of halogens is 1. The molecular weight excluding hydrogens is 291 g/mol. The highest BCUT2D eigenvalue weighted by atomic mass is 19.1. The molecule has 0 radical (unpaired) electrons. The van der Waals surface area contributed by atoms with Crippen LogP contribution in [-0.4, -0.2) is 27.6 Å². The van der Waals surface area contributed by atoms with Gasteiger partial charge in [0.1, 0.15) is 17.2 Å². The highest BCUT2D eigenvalue weighted by Crippen LogP contribution is 2.26.